The predicted octanol–water partition coefficient (Wildman–Crippen LogP) is 4.31. The number of hydrogen-bond donors (Lipinski definition) is 1. The minimum atomic E-state index is -0.160. The smallest absolute Gasteiger partial charge is 0.123 e. The lowest BCUT2D eigenvalue weighted by molar-refractivity contribution is 0.531. The number of hydrogen-bond acceptors (Lipinski definition) is 1. The van der Waals surface area contributed by atoms with Gasteiger partial charge in [0.05, 0.1) is 0 Å². The van der Waals surface area contributed by atoms with E-state index in [1.807, 2.05) is 18.2 Å². The maximum Gasteiger partial charge on any atom is 0.123 e. The minimum absolute atomic E-state index is 0.160. The van der Waals surface area contributed by atoms with Gasteiger partial charge in [-0.15, -0.1) is 0 Å². The van der Waals surface area contributed by atoms with Crippen LogP contribution >= 0.6 is 11.6 Å². The molecule has 0 saturated carbocycles. The molecule has 0 aromatic heterocycles. The Bertz CT molecular complexity index is 580. The summed E-state index contributed by atoms with van der Waals surface area (Å²) in [6.45, 7) is 0.932. The van der Waals surface area contributed by atoms with Crippen LogP contribution in [0.1, 0.15) is 11.1 Å². The van der Waals surface area contributed by atoms with Gasteiger partial charge in [0, 0.05) is 17.3 Å². The van der Waals surface area contributed by atoms with E-state index in [9.17, 15) is 4.39 Å². The third kappa shape index (κ3) is 2.90. The molecule has 1 heterocycles. The summed E-state index contributed by atoms with van der Waals surface area (Å²) in [5.74, 6) is 0.336. The lowest BCUT2D eigenvalue weighted by Crippen LogP contribution is -2.24. The van der Waals surface area contributed by atoms with Crippen LogP contribution in [0.2, 0.25) is 5.02 Å². The van der Waals surface area contributed by atoms with E-state index in [4.69, 9.17) is 11.6 Å². The van der Waals surface area contributed by atoms with Gasteiger partial charge in [-0.2, -0.15) is 0 Å². The summed E-state index contributed by atoms with van der Waals surface area (Å²) in [5, 5.41) is 4.14. The molecule has 98 valence electrons. The van der Waals surface area contributed by atoms with E-state index in [0.717, 1.165) is 35.7 Å². The Balaban J connectivity index is 1.73. The van der Waals surface area contributed by atoms with Crippen LogP contribution in [-0.2, 0) is 12.8 Å². The normalized spacial score (nSPS) is 17.7. The maximum absolute atomic E-state index is 13.3. The van der Waals surface area contributed by atoms with Gasteiger partial charge < -0.3 is 5.32 Å². The quantitative estimate of drug-likeness (QED) is 0.861. The van der Waals surface area contributed by atoms with E-state index in [1.54, 1.807) is 6.07 Å². The molecule has 1 aliphatic rings. The van der Waals surface area contributed by atoms with Crippen molar-refractivity contribution >= 4 is 17.3 Å². The fraction of sp³-hybridized carbons (Fsp3) is 0.250. The molecule has 2 aromatic rings. The van der Waals surface area contributed by atoms with E-state index >= 15 is 0 Å². The first-order chi connectivity index (χ1) is 9.20. The highest BCUT2D eigenvalue weighted by Crippen LogP contribution is 2.27. The molecule has 1 nitrogen and oxygen atoms in total. The standard InChI is InChI=1S/C16H15ClFN/c17-14-3-1-11(2-4-14)7-12-8-13-9-15(18)5-6-16(13)19-10-12/h1-6,9,12,19H,7-8,10H2. The highest BCUT2D eigenvalue weighted by molar-refractivity contribution is 6.30. The molecule has 3 rings (SSSR count). The molecule has 19 heavy (non-hydrogen) atoms. The van der Waals surface area contributed by atoms with Crippen molar-refractivity contribution in [3.8, 4) is 0 Å². The summed E-state index contributed by atoms with van der Waals surface area (Å²) in [4.78, 5) is 0. The van der Waals surface area contributed by atoms with E-state index in [1.165, 1.54) is 11.6 Å². The molecule has 3 heteroatoms. The number of fused-ring (bicyclic) bond motifs is 1. The SMILES string of the molecule is Fc1ccc2c(c1)CC(Cc1ccc(Cl)cc1)CN2. The van der Waals surface area contributed by atoms with Crippen molar-refractivity contribution in [3.05, 3.63) is 64.4 Å². The largest absolute Gasteiger partial charge is 0.385 e. The summed E-state index contributed by atoms with van der Waals surface area (Å²) >= 11 is 5.88. The van der Waals surface area contributed by atoms with Gasteiger partial charge in [0.1, 0.15) is 5.82 Å². The number of benzene rings is 2. The maximum atomic E-state index is 13.3. The van der Waals surface area contributed by atoms with Gasteiger partial charge in [-0.25, -0.2) is 4.39 Å². The van der Waals surface area contributed by atoms with Gasteiger partial charge in [-0.05, 0) is 60.2 Å². The van der Waals surface area contributed by atoms with Crippen LogP contribution in [0.15, 0.2) is 42.5 Å². The number of anilines is 1. The minimum Gasteiger partial charge on any atom is -0.385 e. The van der Waals surface area contributed by atoms with Crippen molar-refractivity contribution in [2.75, 3.05) is 11.9 Å². The molecule has 1 aliphatic heterocycles. The summed E-state index contributed by atoms with van der Waals surface area (Å²) < 4.78 is 13.3. The number of halogens is 2. The molecule has 1 atom stereocenters. The zero-order valence-corrected chi connectivity index (χ0v) is 11.3. The second-order valence-electron chi connectivity index (χ2n) is 5.08. The fourth-order valence-electron chi connectivity index (χ4n) is 2.64. The second kappa shape index (κ2) is 5.22. The first-order valence-electron chi connectivity index (χ1n) is 6.47. The molecule has 0 aliphatic carbocycles. The molecule has 0 saturated heterocycles. The van der Waals surface area contributed by atoms with Crippen LogP contribution in [0.3, 0.4) is 0 Å². The van der Waals surface area contributed by atoms with Crippen molar-refractivity contribution < 1.29 is 4.39 Å². The van der Waals surface area contributed by atoms with Gasteiger partial charge in [0.15, 0.2) is 0 Å². The first-order valence-corrected chi connectivity index (χ1v) is 6.85. The van der Waals surface area contributed by atoms with Crippen LogP contribution in [0.4, 0.5) is 10.1 Å². The van der Waals surface area contributed by atoms with Crippen LogP contribution in [0.5, 0.6) is 0 Å². The lowest BCUT2D eigenvalue weighted by Gasteiger charge is -2.26. The summed E-state index contributed by atoms with van der Waals surface area (Å²) in [5.41, 5.74) is 3.41. The third-order valence-corrected chi connectivity index (χ3v) is 3.85. The Hall–Kier alpha value is -1.54. The van der Waals surface area contributed by atoms with Crippen molar-refractivity contribution in [2.24, 2.45) is 5.92 Å². The Morgan fingerprint density at radius 3 is 2.74 bits per heavy atom. The summed E-state index contributed by atoms with van der Waals surface area (Å²) in [6, 6.07) is 12.9. The topological polar surface area (TPSA) is 12.0 Å². The predicted molar refractivity (Wildman–Crippen MR) is 77.2 cm³/mol. The Labute approximate surface area is 117 Å². The van der Waals surface area contributed by atoms with E-state index in [0.29, 0.717) is 5.92 Å². The highest BCUT2D eigenvalue weighted by atomic mass is 35.5. The van der Waals surface area contributed by atoms with Crippen molar-refractivity contribution in [1.29, 1.82) is 0 Å². The van der Waals surface area contributed by atoms with E-state index in [2.05, 4.69) is 17.4 Å². The zero-order chi connectivity index (χ0) is 13.2. The third-order valence-electron chi connectivity index (χ3n) is 3.59. The van der Waals surface area contributed by atoms with E-state index < -0.39 is 0 Å². The van der Waals surface area contributed by atoms with Crippen LogP contribution in [0, 0.1) is 11.7 Å². The monoisotopic (exact) mass is 275 g/mol. The summed E-state index contributed by atoms with van der Waals surface area (Å²) in [6.07, 6.45) is 1.91. The average molecular weight is 276 g/mol. The number of rotatable bonds is 2. The molecule has 0 radical (unpaired) electrons. The summed E-state index contributed by atoms with van der Waals surface area (Å²) in [7, 11) is 0. The Morgan fingerprint density at radius 1 is 1.16 bits per heavy atom. The number of nitrogens with one attached hydrogen (secondary N) is 1. The fourth-order valence-corrected chi connectivity index (χ4v) is 2.77. The molecule has 2 aromatic carbocycles. The lowest BCUT2D eigenvalue weighted by atomic mass is 9.89. The average Bonchev–Trinajstić information content (AvgIpc) is 2.41. The molecule has 1 unspecified atom stereocenters. The van der Waals surface area contributed by atoms with Crippen molar-refractivity contribution in [2.45, 2.75) is 12.8 Å². The Morgan fingerprint density at radius 2 is 1.95 bits per heavy atom. The van der Waals surface area contributed by atoms with Gasteiger partial charge in [-0.1, -0.05) is 23.7 Å². The molecule has 1 N–H and O–H groups in total. The van der Waals surface area contributed by atoms with Gasteiger partial charge >= 0.3 is 0 Å². The van der Waals surface area contributed by atoms with E-state index in [-0.39, 0.29) is 5.82 Å². The Kier molecular flexibility index (Phi) is 3.43. The van der Waals surface area contributed by atoms with Crippen LogP contribution in [0.25, 0.3) is 0 Å². The first kappa shape index (κ1) is 12.5. The van der Waals surface area contributed by atoms with Gasteiger partial charge in [0.25, 0.3) is 0 Å². The second-order valence-corrected chi connectivity index (χ2v) is 5.52. The highest BCUT2D eigenvalue weighted by Gasteiger charge is 2.18. The van der Waals surface area contributed by atoms with Gasteiger partial charge in [-0.3, -0.25) is 0 Å². The van der Waals surface area contributed by atoms with Crippen LogP contribution < -0.4 is 5.32 Å². The van der Waals surface area contributed by atoms with Crippen LogP contribution in [-0.4, -0.2) is 6.54 Å². The zero-order valence-electron chi connectivity index (χ0n) is 10.5. The molecule has 0 fully saturated rings. The molecular formula is C16H15ClFN. The van der Waals surface area contributed by atoms with Crippen molar-refractivity contribution in [3.63, 3.8) is 0 Å². The molecule has 0 amide bonds. The molecule has 0 bridgehead atoms. The van der Waals surface area contributed by atoms with Gasteiger partial charge in [0.2, 0.25) is 0 Å². The molecule has 0 spiro atoms. The molecular weight excluding hydrogens is 261 g/mol. The van der Waals surface area contributed by atoms with Crippen molar-refractivity contribution in [1.82, 2.24) is 0 Å².